The molecular weight excluding hydrogens is 621 g/mol. The molecule has 0 spiro atoms. The Morgan fingerprint density at radius 1 is 0.549 bits per heavy atom. The summed E-state index contributed by atoms with van der Waals surface area (Å²) in [4.78, 5) is 4.29. The fourth-order valence-electron chi connectivity index (χ4n) is 8.32. The van der Waals surface area contributed by atoms with Crippen LogP contribution < -0.4 is 5.43 Å². The van der Waals surface area contributed by atoms with E-state index < -0.39 is 0 Å². The Hall–Kier alpha value is -6.13. The van der Waals surface area contributed by atoms with E-state index in [0.29, 0.717) is 11.4 Å². The summed E-state index contributed by atoms with van der Waals surface area (Å²) in [7, 11) is 0. The molecular formula is C47H38N4. The van der Waals surface area contributed by atoms with Crippen LogP contribution in [0.5, 0.6) is 0 Å². The van der Waals surface area contributed by atoms with Crippen LogP contribution in [0.1, 0.15) is 61.1 Å². The van der Waals surface area contributed by atoms with Gasteiger partial charge in [0.15, 0.2) is 0 Å². The van der Waals surface area contributed by atoms with Crippen molar-refractivity contribution in [1.82, 2.24) is 4.98 Å². The number of benzene rings is 5. The molecule has 0 saturated carbocycles. The maximum atomic E-state index is 9.42. The minimum atomic E-state index is -0.147. The van der Waals surface area contributed by atoms with Crippen molar-refractivity contribution >= 4 is 28.3 Å². The van der Waals surface area contributed by atoms with Gasteiger partial charge in [0.05, 0.1) is 11.4 Å². The lowest BCUT2D eigenvalue weighted by molar-refractivity contribution is 0.660. The van der Waals surface area contributed by atoms with Crippen molar-refractivity contribution < 1.29 is 0 Å². The monoisotopic (exact) mass is 658 g/mol. The van der Waals surface area contributed by atoms with E-state index in [0.717, 1.165) is 39.1 Å². The third kappa shape index (κ3) is 4.93. The van der Waals surface area contributed by atoms with Gasteiger partial charge in [-0.25, -0.2) is 0 Å². The molecule has 0 bridgehead atoms. The van der Waals surface area contributed by atoms with Crippen LogP contribution in [0.2, 0.25) is 0 Å². The van der Waals surface area contributed by atoms with Gasteiger partial charge in [-0.3, -0.25) is 15.8 Å². The highest BCUT2D eigenvalue weighted by Crippen LogP contribution is 2.51. The minimum Gasteiger partial charge on any atom is -0.299 e. The normalized spacial score (nSPS) is 16.9. The van der Waals surface area contributed by atoms with Crippen molar-refractivity contribution in [3.63, 3.8) is 0 Å². The van der Waals surface area contributed by atoms with Crippen molar-refractivity contribution in [2.24, 2.45) is 5.10 Å². The van der Waals surface area contributed by atoms with Crippen LogP contribution in [0, 0.1) is 5.41 Å². The Balaban J connectivity index is 1.15. The molecule has 9 rings (SSSR count). The maximum absolute atomic E-state index is 9.42. The third-order valence-electron chi connectivity index (χ3n) is 11.1. The van der Waals surface area contributed by atoms with Crippen molar-refractivity contribution in [1.29, 1.82) is 5.41 Å². The smallest absolute Gasteiger partial charge is 0.116 e. The lowest BCUT2D eigenvalue weighted by atomic mass is 9.80. The largest absolute Gasteiger partial charge is 0.299 e. The number of aromatic nitrogens is 1. The Kier molecular flexibility index (Phi) is 6.94. The average molecular weight is 659 g/mol. The second kappa shape index (κ2) is 11.5. The van der Waals surface area contributed by atoms with E-state index in [-0.39, 0.29) is 10.8 Å². The van der Waals surface area contributed by atoms with Crippen LogP contribution in [0.15, 0.2) is 151 Å². The van der Waals surface area contributed by atoms with Gasteiger partial charge in [0.1, 0.15) is 5.71 Å². The Labute approximate surface area is 299 Å². The van der Waals surface area contributed by atoms with Crippen molar-refractivity contribution in [3.8, 4) is 33.4 Å². The van der Waals surface area contributed by atoms with Crippen LogP contribution in [0.3, 0.4) is 0 Å². The average Bonchev–Trinajstić information content (AvgIpc) is 3.53. The molecule has 1 heterocycles. The van der Waals surface area contributed by atoms with Crippen LogP contribution in [-0.4, -0.2) is 16.4 Å². The van der Waals surface area contributed by atoms with E-state index in [9.17, 15) is 5.41 Å². The molecule has 0 amide bonds. The van der Waals surface area contributed by atoms with Crippen LogP contribution >= 0.6 is 0 Å². The second-order valence-corrected chi connectivity index (χ2v) is 14.8. The summed E-state index contributed by atoms with van der Waals surface area (Å²) in [5.74, 6) is 0. The molecule has 3 aliphatic rings. The number of hydrogen-bond donors (Lipinski definition) is 2. The molecule has 51 heavy (non-hydrogen) atoms. The number of hydrogen-bond acceptors (Lipinski definition) is 4. The standard InChI is InChI=1S/C47H38N4/c1-46(2)40-16-7-5-14-35(40)37-20-18-30(25-42(37)46)33-24-39(31-19-21-38-36-15-6-8-17-41(36)47(3,4)43(38)26-31)45(44(48)27-33)51-50-34-13-9-11-29(23-34)32-12-10-22-49-28-32/h5-28,48,50H,1-4H3/b48-44?,51-45-. The minimum absolute atomic E-state index is 0.112. The van der Waals surface area contributed by atoms with Gasteiger partial charge in [-0.2, -0.15) is 5.10 Å². The molecule has 3 aliphatic carbocycles. The van der Waals surface area contributed by atoms with Gasteiger partial charge in [0.25, 0.3) is 0 Å². The van der Waals surface area contributed by atoms with E-state index in [1.165, 1.54) is 44.5 Å². The molecule has 246 valence electrons. The number of rotatable bonds is 5. The Morgan fingerprint density at radius 2 is 1.16 bits per heavy atom. The first kappa shape index (κ1) is 30.9. The summed E-state index contributed by atoms with van der Waals surface area (Å²) < 4.78 is 0. The third-order valence-corrected chi connectivity index (χ3v) is 11.1. The summed E-state index contributed by atoms with van der Waals surface area (Å²) in [6.07, 6.45) is 7.82. The predicted octanol–water partition coefficient (Wildman–Crippen LogP) is 11.3. The van der Waals surface area contributed by atoms with Crippen molar-refractivity contribution in [3.05, 3.63) is 179 Å². The zero-order valence-electron chi connectivity index (χ0n) is 29.3. The Morgan fingerprint density at radius 3 is 1.82 bits per heavy atom. The van der Waals surface area contributed by atoms with Gasteiger partial charge in [0, 0.05) is 34.4 Å². The van der Waals surface area contributed by atoms with E-state index in [2.05, 4.69) is 141 Å². The molecule has 1 aromatic heterocycles. The van der Waals surface area contributed by atoms with Gasteiger partial charge >= 0.3 is 0 Å². The predicted molar refractivity (Wildman–Crippen MR) is 212 cm³/mol. The van der Waals surface area contributed by atoms with E-state index in [1.54, 1.807) is 6.20 Å². The molecule has 2 N–H and O–H groups in total. The number of hydrazone groups is 1. The van der Waals surface area contributed by atoms with Gasteiger partial charge < -0.3 is 0 Å². The lowest BCUT2D eigenvalue weighted by Gasteiger charge is -2.24. The maximum Gasteiger partial charge on any atom is 0.116 e. The van der Waals surface area contributed by atoms with Crippen LogP contribution in [0.25, 0.3) is 44.5 Å². The molecule has 0 atom stereocenters. The zero-order chi connectivity index (χ0) is 34.9. The van der Waals surface area contributed by atoms with Gasteiger partial charge in [-0.1, -0.05) is 119 Å². The summed E-state index contributed by atoms with van der Waals surface area (Å²) in [6.45, 7) is 9.23. The summed E-state index contributed by atoms with van der Waals surface area (Å²) in [6, 6.07) is 43.1. The fourth-order valence-corrected chi connectivity index (χ4v) is 8.32. The van der Waals surface area contributed by atoms with Gasteiger partial charge in [-0.15, -0.1) is 0 Å². The van der Waals surface area contributed by atoms with Crippen molar-refractivity contribution in [2.75, 3.05) is 5.43 Å². The molecule has 4 heteroatoms. The topological polar surface area (TPSA) is 61.1 Å². The number of allylic oxidation sites excluding steroid dienone is 4. The van der Waals surface area contributed by atoms with Crippen molar-refractivity contribution in [2.45, 2.75) is 38.5 Å². The number of fused-ring (bicyclic) bond motifs is 6. The lowest BCUT2D eigenvalue weighted by Crippen LogP contribution is -2.20. The molecule has 0 fully saturated rings. The molecule has 6 aromatic rings. The number of nitrogens with zero attached hydrogens (tertiary/aromatic N) is 2. The summed E-state index contributed by atoms with van der Waals surface area (Å²) in [5.41, 5.74) is 21.5. The first-order valence-electron chi connectivity index (χ1n) is 17.6. The number of pyridine rings is 1. The molecule has 0 aliphatic heterocycles. The highest BCUT2D eigenvalue weighted by molar-refractivity contribution is 6.62. The number of nitrogens with one attached hydrogen (secondary N) is 2. The summed E-state index contributed by atoms with van der Waals surface area (Å²) in [5, 5.41) is 14.4. The van der Waals surface area contributed by atoms with E-state index in [1.807, 2.05) is 36.5 Å². The molecule has 4 nitrogen and oxygen atoms in total. The van der Waals surface area contributed by atoms with Gasteiger partial charge in [-0.05, 0) is 109 Å². The highest BCUT2D eigenvalue weighted by Gasteiger charge is 2.37. The number of anilines is 1. The molecule has 0 saturated heterocycles. The molecule has 0 radical (unpaired) electrons. The van der Waals surface area contributed by atoms with Crippen LogP contribution in [-0.2, 0) is 10.8 Å². The van der Waals surface area contributed by atoms with Gasteiger partial charge in [0.2, 0.25) is 0 Å². The van der Waals surface area contributed by atoms with Crippen LogP contribution in [0.4, 0.5) is 5.69 Å². The first-order valence-corrected chi connectivity index (χ1v) is 17.6. The van der Waals surface area contributed by atoms with E-state index >= 15 is 0 Å². The first-order chi connectivity index (χ1) is 24.7. The summed E-state index contributed by atoms with van der Waals surface area (Å²) >= 11 is 0. The highest BCUT2D eigenvalue weighted by atomic mass is 15.3. The zero-order valence-corrected chi connectivity index (χ0v) is 29.3. The SMILES string of the molecule is CC1(C)c2ccccc2-c2ccc(C3=CC(=N)/C(=N\Nc4cccc(-c5cccnc5)c4)C(c4ccc5c(c4)C(C)(C)c4ccccc4-5)=C3)cc21. The fraction of sp³-hybridized carbons (Fsp3) is 0.128. The molecule has 0 unspecified atom stereocenters. The molecule has 5 aromatic carbocycles. The second-order valence-electron chi connectivity index (χ2n) is 14.8. The van der Waals surface area contributed by atoms with E-state index in [4.69, 9.17) is 5.10 Å². The quantitative estimate of drug-likeness (QED) is 0.143. The Bertz CT molecular complexity index is 2510.